The molecule has 2 atom stereocenters. The van der Waals surface area contributed by atoms with Crippen molar-refractivity contribution in [3.8, 4) is 0 Å². The molecule has 2 aromatic rings. The molecule has 0 bridgehead atoms. The van der Waals surface area contributed by atoms with Crippen molar-refractivity contribution in [1.82, 2.24) is 10.2 Å². The van der Waals surface area contributed by atoms with Crippen LogP contribution in [0.5, 0.6) is 0 Å². The van der Waals surface area contributed by atoms with E-state index in [-0.39, 0.29) is 30.8 Å². The van der Waals surface area contributed by atoms with Crippen LogP contribution in [-0.4, -0.2) is 50.0 Å². The molecule has 2 rings (SSSR count). The van der Waals surface area contributed by atoms with Gasteiger partial charge in [0.05, 0.1) is 11.9 Å². The Hall–Kier alpha value is -2.87. The maximum absolute atomic E-state index is 13.2. The van der Waals surface area contributed by atoms with Crippen LogP contribution in [0, 0.1) is 6.92 Å². The van der Waals surface area contributed by atoms with E-state index in [9.17, 15) is 18.0 Å². The molecule has 0 fully saturated rings. The van der Waals surface area contributed by atoms with Crippen molar-refractivity contribution in [2.24, 2.45) is 0 Å². The Bertz CT molecular complexity index is 1060. The summed E-state index contributed by atoms with van der Waals surface area (Å²) in [5.74, 6) is -0.385. The van der Waals surface area contributed by atoms with Gasteiger partial charge in [-0.05, 0) is 56.9 Å². The molecule has 0 aliphatic carbocycles. The monoisotopic (exact) mass is 487 g/mol. The molecule has 0 heterocycles. The summed E-state index contributed by atoms with van der Waals surface area (Å²) in [7, 11) is -3.50. The molecule has 0 saturated heterocycles. The van der Waals surface area contributed by atoms with Gasteiger partial charge in [0.15, 0.2) is 0 Å². The first-order valence-electron chi connectivity index (χ1n) is 11.7. The smallest absolute Gasteiger partial charge is 0.242 e. The van der Waals surface area contributed by atoms with E-state index in [0.29, 0.717) is 18.7 Å². The van der Waals surface area contributed by atoms with Crippen LogP contribution in [0.15, 0.2) is 54.6 Å². The molecule has 0 aliphatic rings. The van der Waals surface area contributed by atoms with Crippen LogP contribution >= 0.6 is 0 Å². The minimum atomic E-state index is -3.50. The largest absolute Gasteiger partial charge is 0.352 e. The van der Waals surface area contributed by atoms with Crippen molar-refractivity contribution in [3.63, 3.8) is 0 Å². The van der Waals surface area contributed by atoms with Crippen molar-refractivity contribution in [2.45, 2.75) is 65.6 Å². The highest BCUT2D eigenvalue weighted by Gasteiger charge is 2.27. The second kappa shape index (κ2) is 12.6. The molecule has 1 N–H and O–H groups in total. The van der Waals surface area contributed by atoms with Gasteiger partial charge in [0.25, 0.3) is 0 Å². The summed E-state index contributed by atoms with van der Waals surface area (Å²) in [4.78, 5) is 27.6. The first-order chi connectivity index (χ1) is 16.0. The van der Waals surface area contributed by atoms with Gasteiger partial charge in [-0.25, -0.2) is 8.42 Å². The van der Waals surface area contributed by atoms with E-state index in [4.69, 9.17) is 0 Å². The van der Waals surface area contributed by atoms with Crippen LogP contribution < -0.4 is 9.62 Å². The molecular formula is C26H37N3O4S. The summed E-state index contributed by atoms with van der Waals surface area (Å²) in [5, 5.41) is 2.95. The van der Waals surface area contributed by atoms with Crippen LogP contribution in [0.2, 0.25) is 0 Å². The van der Waals surface area contributed by atoms with Gasteiger partial charge < -0.3 is 10.2 Å². The molecular weight excluding hydrogens is 450 g/mol. The Kier molecular flexibility index (Phi) is 10.1. The van der Waals surface area contributed by atoms with E-state index >= 15 is 0 Å². The van der Waals surface area contributed by atoms with Crippen molar-refractivity contribution >= 4 is 27.5 Å². The van der Waals surface area contributed by atoms with Gasteiger partial charge in [0, 0.05) is 25.6 Å². The minimum absolute atomic E-state index is 0.0151. The lowest BCUT2D eigenvalue weighted by molar-refractivity contribution is -0.140. The maximum Gasteiger partial charge on any atom is 0.242 e. The summed E-state index contributed by atoms with van der Waals surface area (Å²) >= 11 is 0. The number of anilines is 1. The van der Waals surface area contributed by atoms with E-state index < -0.39 is 16.1 Å². The summed E-state index contributed by atoms with van der Waals surface area (Å²) in [5.41, 5.74) is 2.46. The quantitative estimate of drug-likeness (QED) is 0.492. The first-order valence-corrected chi connectivity index (χ1v) is 13.6. The lowest BCUT2D eigenvalue weighted by Gasteiger charge is -2.30. The Morgan fingerprint density at radius 1 is 1.03 bits per heavy atom. The average molecular weight is 488 g/mol. The molecule has 2 amide bonds. The summed E-state index contributed by atoms with van der Waals surface area (Å²) < 4.78 is 26.1. The van der Waals surface area contributed by atoms with Crippen LogP contribution in [0.1, 0.15) is 51.2 Å². The fourth-order valence-electron chi connectivity index (χ4n) is 3.62. The predicted molar refractivity (Wildman–Crippen MR) is 137 cm³/mol. The zero-order valence-electron chi connectivity index (χ0n) is 20.8. The molecule has 7 nitrogen and oxygen atoms in total. The van der Waals surface area contributed by atoms with Gasteiger partial charge in [-0.1, -0.05) is 49.4 Å². The second-order valence-electron chi connectivity index (χ2n) is 8.78. The molecule has 0 saturated carbocycles. The number of aryl methyl sites for hydroxylation is 1. The molecule has 0 aliphatic heterocycles. The number of nitrogens with zero attached hydrogens (tertiary/aromatic N) is 2. The van der Waals surface area contributed by atoms with E-state index in [1.165, 1.54) is 10.6 Å². The van der Waals surface area contributed by atoms with Crippen molar-refractivity contribution in [3.05, 3.63) is 65.7 Å². The van der Waals surface area contributed by atoms with Crippen molar-refractivity contribution in [1.29, 1.82) is 0 Å². The fourth-order valence-corrected chi connectivity index (χ4v) is 4.57. The van der Waals surface area contributed by atoms with Crippen LogP contribution in [0.25, 0.3) is 0 Å². The maximum atomic E-state index is 13.2. The standard InChI is InChI=1S/C26H37N3O4S/c1-6-21(3)27-26(31)22(4)28(19-23-13-8-7-9-14-23)25(30)16-11-17-29(34(5,32)33)24-15-10-12-20(2)18-24/h7-10,12-15,18,21-22H,6,11,16-17,19H2,1-5H3,(H,27,31)/t21-,22+/m1/s1. The lowest BCUT2D eigenvalue weighted by atomic mass is 10.1. The van der Waals surface area contributed by atoms with Gasteiger partial charge in [-0.2, -0.15) is 0 Å². The third-order valence-electron chi connectivity index (χ3n) is 5.81. The van der Waals surface area contributed by atoms with Crippen molar-refractivity contribution in [2.75, 3.05) is 17.1 Å². The molecule has 0 aromatic heterocycles. The first kappa shape index (κ1) is 27.4. The summed E-state index contributed by atoms with van der Waals surface area (Å²) in [6.07, 6.45) is 2.43. The highest BCUT2D eigenvalue weighted by Crippen LogP contribution is 2.20. The Labute approximate surface area is 204 Å². The Morgan fingerprint density at radius 2 is 1.71 bits per heavy atom. The Morgan fingerprint density at radius 3 is 2.29 bits per heavy atom. The van der Waals surface area contributed by atoms with Gasteiger partial charge in [-0.3, -0.25) is 13.9 Å². The van der Waals surface area contributed by atoms with Crippen LogP contribution in [0.4, 0.5) is 5.69 Å². The van der Waals surface area contributed by atoms with Gasteiger partial charge in [-0.15, -0.1) is 0 Å². The van der Waals surface area contributed by atoms with Crippen LogP contribution in [-0.2, 0) is 26.2 Å². The van der Waals surface area contributed by atoms with Crippen molar-refractivity contribution < 1.29 is 18.0 Å². The molecule has 186 valence electrons. The lowest BCUT2D eigenvalue weighted by Crippen LogP contribution is -2.49. The van der Waals surface area contributed by atoms with E-state index in [1.54, 1.807) is 17.9 Å². The van der Waals surface area contributed by atoms with E-state index in [0.717, 1.165) is 17.5 Å². The number of amides is 2. The van der Waals surface area contributed by atoms with E-state index in [1.807, 2.05) is 69.3 Å². The topological polar surface area (TPSA) is 86.8 Å². The molecule has 0 spiro atoms. The molecule has 34 heavy (non-hydrogen) atoms. The predicted octanol–water partition coefficient (Wildman–Crippen LogP) is 3.87. The zero-order chi connectivity index (χ0) is 25.3. The number of carbonyl (C=O) groups is 2. The normalized spacial score (nSPS) is 13.1. The molecule has 0 radical (unpaired) electrons. The zero-order valence-corrected chi connectivity index (χ0v) is 21.6. The second-order valence-corrected chi connectivity index (χ2v) is 10.7. The number of rotatable bonds is 12. The summed E-state index contributed by atoms with van der Waals surface area (Å²) in [6, 6.07) is 16.2. The summed E-state index contributed by atoms with van der Waals surface area (Å²) in [6.45, 7) is 8.04. The number of sulfonamides is 1. The molecule has 2 aromatic carbocycles. The molecule has 8 heteroatoms. The van der Waals surface area contributed by atoms with Crippen LogP contribution in [0.3, 0.4) is 0 Å². The minimum Gasteiger partial charge on any atom is -0.352 e. The number of benzene rings is 2. The van der Waals surface area contributed by atoms with Gasteiger partial charge in [0.2, 0.25) is 21.8 Å². The Balaban J connectivity index is 2.14. The fraction of sp³-hybridized carbons (Fsp3) is 0.462. The highest BCUT2D eigenvalue weighted by atomic mass is 32.2. The SMILES string of the molecule is CC[C@@H](C)NC(=O)[C@H](C)N(Cc1ccccc1)C(=O)CCCN(c1cccc(C)c1)S(C)(=O)=O. The highest BCUT2D eigenvalue weighted by molar-refractivity contribution is 7.92. The number of hydrogen-bond acceptors (Lipinski definition) is 4. The third kappa shape index (κ3) is 8.17. The number of carbonyl (C=O) groups excluding carboxylic acids is 2. The third-order valence-corrected chi connectivity index (χ3v) is 7.00. The average Bonchev–Trinajstić information content (AvgIpc) is 2.79. The van der Waals surface area contributed by atoms with Gasteiger partial charge >= 0.3 is 0 Å². The van der Waals surface area contributed by atoms with Gasteiger partial charge in [0.1, 0.15) is 6.04 Å². The molecule has 0 unspecified atom stereocenters. The van der Waals surface area contributed by atoms with E-state index in [2.05, 4.69) is 5.32 Å². The number of nitrogens with one attached hydrogen (secondary N) is 1. The number of hydrogen-bond donors (Lipinski definition) is 1.